The minimum absolute atomic E-state index is 0.0486. The number of carbonyl (C=O) groups is 3. The van der Waals surface area contributed by atoms with Crippen LogP contribution in [0.1, 0.15) is 84.3 Å². The number of nitrogens with zero attached hydrogens (tertiary/aromatic N) is 1. The summed E-state index contributed by atoms with van der Waals surface area (Å²) in [6.07, 6.45) is 0.631. The molecule has 2 aliphatic heterocycles. The van der Waals surface area contributed by atoms with Crippen molar-refractivity contribution in [2.24, 2.45) is 17.3 Å². The average molecular weight is 627 g/mol. The maximum atomic E-state index is 14.3. The van der Waals surface area contributed by atoms with E-state index in [1.54, 1.807) is 58.0 Å². The van der Waals surface area contributed by atoms with Crippen molar-refractivity contribution in [1.29, 1.82) is 0 Å². The first kappa shape index (κ1) is 34.0. The molecule has 7 atom stereocenters. The second kappa shape index (κ2) is 13.2. The normalized spacial score (nSPS) is 33.7. The van der Waals surface area contributed by atoms with Gasteiger partial charge in [-0.05, 0) is 63.3 Å². The molecule has 0 saturated carbocycles. The highest BCUT2D eigenvalue weighted by Gasteiger charge is 2.59. The van der Waals surface area contributed by atoms with Crippen molar-refractivity contribution in [2.45, 2.75) is 110 Å². The van der Waals surface area contributed by atoms with Crippen LogP contribution in [0.5, 0.6) is 0 Å². The molecule has 2 saturated heterocycles. The molecule has 1 amide bonds. The fraction of sp³-hybridized carbons (Fsp3) is 0.588. The van der Waals surface area contributed by atoms with Gasteiger partial charge in [-0.3, -0.25) is 14.4 Å². The van der Waals surface area contributed by atoms with Gasteiger partial charge < -0.3 is 25.0 Å². The van der Waals surface area contributed by atoms with Crippen molar-refractivity contribution < 1.29 is 34.1 Å². The largest absolute Gasteiger partial charge is 0.444 e. The minimum atomic E-state index is -1.80. The molecule has 9 nitrogen and oxygen atoms in total. The van der Waals surface area contributed by atoms with Gasteiger partial charge in [-0.15, -0.1) is 11.3 Å². The van der Waals surface area contributed by atoms with Gasteiger partial charge in [0, 0.05) is 23.4 Å². The van der Waals surface area contributed by atoms with Crippen LogP contribution in [-0.2, 0) is 23.9 Å². The Bertz CT molecular complexity index is 1390. The molecule has 0 aliphatic carbocycles. The first-order chi connectivity index (χ1) is 20.6. The third kappa shape index (κ3) is 7.30. The van der Waals surface area contributed by atoms with E-state index in [0.29, 0.717) is 29.8 Å². The molecule has 1 aromatic carbocycles. The number of aromatic nitrogens is 1. The van der Waals surface area contributed by atoms with Crippen LogP contribution < -0.4 is 5.32 Å². The molecule has 0 unspecified atom stereocenters. The molecule has 44 heavy (non-hydrogen) atoms. The highest BCUT2D eigenvalue weighted by Crippen LogP contribution is 2.48. The Hall–Kier alpha value is -2.92. The summed E-state index contributed by atoms with van der Waals surface area (Å²) in [5.41, 5.74) is -2.09. The second-order valence-corrected chi connectivity index (χ2v) is 14.4. The van der Waals surface area contributed by atoms with Crippen LogP contribution in [0.3, 0.4) is 0 Å². The number of para-hydroxylation sites is 1. The molecular formula is C34H46N2O7S. The van der Waals surface area contributed by atoms with Crippen LogP contribution in [0.4, 0.5) is 5.69 Å². The van der Waals surface area contributed by atoms with E-state index in [1.807, 2.05) is 32.2 Å². The van der Waals surface area contributed by atoms with Gasteiger partial charge in [-0.25, -0.2) is 4.98 Å². The summed E-state index contributed by atoms with van der Waals surface area (Å²) in [6, 6.07) is 8.92. The zero-order valence-electron chi connectivity index (χ0n) is 26.8. The van der Waals surface area contributed by atoms with Crippen molar-refractivity contribution in [1.82, 2.24) is 4.98 Å². The molecule has 3 N–H and O–H groups in total. The molecule has 2 aliphatic rings. The first-order valence-electron chi connectivity index (χ1n) is 15.4. The summed E-state index contributed by atoms with van der Waals surface area (Å²) in [5, 5.41) is 27.9. The van der Waals surface area contributed by atoms with E-state index in [0.717, 1.165) is 11.4 Å². The van der Waals surface area contributed by atoms with Crippen LogP contribution in [0.15, 0.2) is 41.3 Å². The maximum absolute atomic E-state index is 14.3. The number of cyclic esters (lactones) is 1. The Morgan fingerprint density at radius 1 is 1.14 bits per heavy atom. The lowest BCUT2D eigenvalue weighted by molar-refractivity contribution is -0.167. The number of fused-ring (bicyclic) bond motifs is 1. The molecule has 0 radical (unpaired) electrons. The number of ketones is 1. The smallest absolute Gasteiger partial charge is 0.309 e. The van der Waals surface area contributed by atoms with Gasteiger partial charge in [0.1, 0.15) is 5.78 Å². The van der Waals surface area contributed by atoms with E-state index in [1.165, 1.54) is 11.3 Å². The van der Waals surface area contributed by atoms with E-state index in [2.05, 4.69) is 10.3 Å². The zero-order valence-corrected chi connectivity index (χ0v) is 27.6. The van der Waals surface area contributed by atoms with Gasteiger partial charge in [0.05, 0.1) is 46.5 Å². The summed E-state index contributed by atoms with van der Waals surface area (Å²) in [7, 11) is 0. The lowest BCUT2D eigenvalue weighted by Crippen LogP contribution is -2.51. The molecule has 240 valence electrons. The van der Waals surface area contributed by atoms with E-state index < -0.39 is 59.1 Å². The minimum Gasteiger partial charge on any atom is -0.444 e. The quantitative estimate of drug-likeness (QED) is 0.299. The number of anilines is 1. The number of aliphatic hydroxyl groups is 2. The first-order valence-corrected chi connectivity index (χ1v) is 16.2. The lowest BCUT2D eigenvalue weighted by atomic mass is 9.73. The number of hydrogen-bond donors (Lipinski definition) is 3. The molecule has 2 aromatic rings. The standard InChI is InChI=1S/C34H46N2O7S/c1-20-12-11-15-33(7)27(42-33)18-34(21(2)16-25-19-44-23(4)35-25,31(41)36-24-13-9-8-10-14-24)43-28(38)17-26(37)32(5,6)30(40)22(3)29(20)39/h8-10,13-14,16,19-20,22,26-27,29,37,39H,11-12,15,17-18H2,1-7H3,(H,36,41)/b21-16+/t20-,22+,26-,27-,29-,33+,34-/m0/s1. The van der Waals surface area contributed by atoms with Crippen molar-refractivity contribution in [2.75, 3.05) is 5.32 Å². The van der Waals surface area contributed by atoms with Crippen LogP contribution in [0, 0.1) is 24.2 Å². The maximum Gasteiger partial charge on any atom is 0.309 e. The summed E-state index contributed by atoms with van der Waals surface area (Å²) in [5.74, 6) is -2.64. The van der Waals surface area contributed by atoms with Crippen LogP contribution >= 0.6 is 11.3 Å². The third-order valence-electron chi connectivity index (χ3n) is 9.50. The number of aliphatic hydroxyl groups excluding tert-OH is 2. The number of ether oxygens (including phenoxy) is 2. The van der Waals surface area contributed by atoms with Crippen molar-refractivity contribution in [3.8, 4) is 0 Å². The molecule has 1 aromatic heterocycles. The number of nitrogens with one attached hydrogen (secondary N) is 1. The van der Waals surface area contributed by atoms with Crippen molar-refractivity contribution in [3.63, 3.8) is 0 Å². The van der Waals surface area contributed by atoms with Gasteiger partial charge >= 0.3 is 5.97 Å². The average Bonchev–Trinajstić information content (AvgIpc) is 3.41. The number of amides is 1. The third-order valence-corrected chi connectivity index (χ3v) is 10.3. The van der Waals surface area contributed by atoms with Gasteiger partial charge in [-0.2, -0.15) is 0 Å². The number of Topliss-reactive ketones (excluding diaryl/α,β-unsaturated/α-hetero) is 1. The van der Waals surface area contributed by atoms with Crippen LogP contribution in [-0.4, -0.2) is 62.4 Å². The summed E-state index contributed by atoms with van der Waals surface area (Å²) in [4.78, 5) is 46.1. The van der Waals surface area contributed by atoms with Gasteiger partial charge in [0.15, 0.2) is 0 Å². The number of aryl methyl sites for hydroxylation is 1. The topological polar surface area (TPSA) is 138 Å². The lowest BCUT2D eigenvalue weighted by Gasteiger charge is -2.36. The summed E-state index contributed by atoms with van der Waals surface area (Å²) in [6.45, 7) is 12.3. The van der Waals surface area contributed by atoms with Gasteiger partial charge in [0.25, 0.3) is 5.91 Å². The fourth-order valence-corrected chi connectivity index (χ4v) is 6.73. The molecular weight excluding hydrogens is 580 g/mol. The summed E-state index contributed by atoms with van der Waals surface area (Å²) >= 11 is 1.47. The Kier molecular flexibility index (Phi) is 10.2. The Morgan fingerprint density at radius 3 is 2.45 bits per heavy atom. The van der Waals surface area contributed by atoms with Gasteiger partial charge in [-0.1, -0.05) is 52.3 Å². The molecule has 0 spiro atoms. The Morgan fingerprint density at radius 2 is 1.82 bits per heavy atom. The number of epoxide rings is 1. The number of hydrogen-bond acceptors (Lipinski definition) is 9. The Balaban J connectivity index is 1.78. The van der Waals surface area contributed by atoms with Gasteiger partial charge in [0.2, 0.25) is 5.60 Å². The fourth-order valence-electron chi connectivity index (χ4n) is 6.16. The monoisotopic (exact) mass is 626 g/mol. The molecule has 3 heterocycles. The van der Waals surface area contributed by atoms with E-state index in [-0.39, 0.29) is 18.1 Å². The number of benzene rings is 1. The van der Waals surface area contributed by atoms with E-state index in [4.69, 9.17) is 9.47 Å². The second-order valence-electron chi connectivity index (χ2n) is 13.3. The predicted molar refractivity (Wildman–Crippen MR) is 170 cm³/mol. The van der Waals surface area contributed by atoms with Crippen molar-refractivity contribution in [3.05, 3.63) is 52.0 Å². The zero-order chi connectivity index (χ0) is 32.4. The predicted octanol–water partition coefficient (Wildman–Crippen LogP) is 5.49. The summed E-state index contributed by atoms with van der Waals surface area (Å²) < 4.78 is 12.4. The molecule has 0 bridgehead atoms. The molecule has 10 heteroatoms. The van der Waals surface area contributed by atoms with Crippen LogP contribution in [0.25, 0.3) is 6.08 Å². The van der Waals surface area contributed by atoms with Crippen molar-refractivity contribution >= 4 is 40.8 Å². The highest BCUT2D eigenvalue weighted by molar-refractivity contribution is 7.09. The number of rotatable bonds is 4. The number of thiazole rings is 1. The SMILES string of the molecule is C/C(=C\c1csc(C)n1)[C@]1(C(=O)Nc2ccccc2)C[C@@H]2O[C@]2(C)CCC[C@H](C)[C@H](O)[C@@H](C)C(=O)C(C)(C)[C@@H](O)CC(=O)O1. The number of carbonyl (C=O) groups excluding carboxylic acids is 3. The highest BCUT2D eigenvalue weighted by atomic mass is 32.1. The van der Waals surface area contributed by atoms with Crippen LogP contribution in [0.2, 0.25) is 0 Å². The number of esters is 1. The van der Waals surface area contributed by atoms with E-state index in [9.17, 15) is 24.6 Å². The molecule has 2 fully saturated rings. The molecule has 4 rings (SSSR count). The van der Waals surface area contributed by atoms with E-state index >= 15 is 0 Å². The Labute approximate surface area is 264 Å².